The molecule has 32 heavy (non-hydrogen) atoms. The van der Waals surface area contributed by atoms with Gasteiger partial charge in [0.1, 0.15) is 10.7 Å². The minimum atomic E-state index is -2.93. The Morgan fingerprint density at radius 2 is 1.78 bits per heavy atom. The van der Waals surface area contributed by atoms with Gasteiger partial charge in [-0.2, -0.15) is 8.78 Å². The molecule has 0 spiro atoms. The second-order valence-electron chi connectivity index (χ2n) is 6.80. The highest BCUT2D eigenvalue weighted by Crippen LogP contribution is 2.25. The van der Waals surface area contributed by atoms with Crippen LogP contribution in [-0.2, 0) is 4.74 Å². The monoisotopic (exact) mass is 448 g/mol. The highest BCUT2D eigenvalue weighted by atomic mass is 19.3. The largest absolute Gasteiger partial charge is 0.448 e. The van der Waals surface area contributed by atoms with Crippen molar-refractivity contribution < 1.29 is 37.2 Å². The number of halogens is 2. The molecule has 1 aromatic carbocycles. The number of esters is 1. The van der Waals surface area contributed by atoms with Gasteiger partial charge in [-0.15, -0.1) is 0 Å². The zero-order valence-electron chi connectivity index (χ0n) is 17.2. The van der Waals surface area contributed by atoms with Crippen molar-refractivity contribution in [2.75, 3.05) is 0 Å². The van der Waals surface area contributed by atoms with E-state index in [4.69, 9.17) is 9.15 Å². The average molecular weight is 448 g/mol. The first-order valence-electron chi connectivity index (χ1n) is 9.32. The Labute approximate surface area is 180 Å². The number of hydrogen-bond acceptors (Lipinski definition) is 7. The van der Waals surface area contributed by atoms with Crippen molar-refractivity contribution in [1.82, 2.24) is 4.57 Å². The maximum atomic E-state index is 12.9. The SMILES string of the molecule is Cc1cc(C(=O)[C@@H](C)OC(=O)c2ccc([N+](=O)[O-])o2)c(C)n1-c1ccc(OC(F)F)cc1. The molecule has 3 rings (SSSR count). The summed E-state index contributed by atoms with van der Waals surface area (Å²) in [7, 11) is 0. The lowest BCUT2D eigenvalue weighted by Gasteiger charge is -2.13. The number of alkyl halides is 2. The van der Waals surface area contributed by atoms with Gasteiger partial charge in [-0.1, -0.05) is 0 Å². The smallest absolute Gasteiger partial charge is 0.433 e. The molecule has 0 fully saturated rings. The molecule has 0 saturated carbocycles. The average Bonchev–Trinajstić information content (AvgIpc) is 3.33. The van der Waals surface area contributed by atoms with E-state index in [0.29, 0.717) is 22.6 Å². The maximum Gasteiger partial charge on any atom is 0.433 e. The molecule has 0 aliphatic rings. The van der Waals surface area contributed by atoms with Crippen LogP contribution in [0, 0.1) is 24.0 Å². The van der Waals surface area contributed by atoms with Crippen LogP contribution < -0.4 is 4.74 Å². The van der Waals surface area contributed by atoms with Crippen LogP contribution in [0.5, 0.6) is 5.75 Å². The Bertz CT molecular complexity index is 1170. The molecule has 0 amide bonds. The zero-order chi connectivity index (χ0) is 23.6. The molecule has 0 aliphatic heterocycles. The predicted octanol–water partition coefficient (Wildman–Crippen LogP) is 4.62. The molecule has 0 saturated heterocycles. The summed E-state index contributed by atoms with van der Waals surface area (Å²) in [6, 6.07) is 9.62. The standard InChI is InChI=1S/C21H18F2N2O7/c1-11-10-16(12(2)24(11)14-4-6-15(7-5-14)31-21(22)23)19(26)13(3)30-20(27)17-8-9-18(32-17)25(28)29/h4-10,13,21H,1-3H3/t13-/m1/s1. The van der Waals surface area contributed by atoms with Crippen LogP contribution in [0.1, 0.15) is 39.2 Å². The van der Waals surface area contributed by atoms with E-state index in [1.54, 1.807) is 36.6 Å². The van der Waals surface area contributed by atoms with Gasteiger partial charge in [-0.25, -0.2) is 4.79 Å². The van der Waals surface area contributed by atoms with Gasteiger partial charge in [0.05, 0.1) is 6.07 Å². The fraction of sp³-hybridized carbons (Fsp3) is 0.238. The number of hydrogen-bond donors (Lipinski definition) is 0. The first-order chi connectivity index (χ1) is 15.1. The van der Waals surface area contributed by atoms with Crippen molar-refractivity contribution in [3.05, 3.63) is 75.3 Å². The quantitative estimate of drug-likeness (QED) is 0.214. The predicted molar refractivity (Wildman–Crippen MR) is 106 cm³/mol. The summed E-state index contributed by atoms with van der Waals surface area (Å²) in [5, 5.41) is 10.7. The highest BCUT2D eigenvalue weighted by Gasteiger charge is 2.27. The number of carbonyl (C=O) groups excluding carboxylic acids is 2. The van der Waals surface area contributed by atoms with Crippen LogP contribution in [0.15, 0.2) is 46.9 Å². The number of rotatable bonds is 8. The molecule has 11 heteroatoms. The number of nitrogens with zero attached hydrogens (tertiary/aromatic N) is 2. The van der Waals surface area contributed by atoms with Gasteiger partial charge in [0.15, 0.2) is 6.10 Å². The van der Waals surface area contributed by atoms with E-state index < -0.39 is 41.0 Å². The second kappa shape index (κ2) is 9.00. The van der Waals surface area contributed by atoms with Gasteiger partial charge in [0, 0.05) is 22.6 Å². The third kappa shape index (κ3) is 4.66. The molecule has 0 unspecified atom stereocenters. The summed E-state index contributed by atoms with van der Waals surface area (Å²) in [4.78, 5) is 34.9. The van der Waals surface area contributed by atoms with E-state index in [1.807, 2.05) is 0 Å². The summed E-state index contributed by atoms with van der Waals surface area (Å²) >= 11 is 0. The number of nitro groups is 1. The van der Waals surface area contributed by atoms with Gasteiger partial charge in [0.25, 0.3) is 0 Å². The summed E-state index contributed by atoms with van der Waals surface area (Å²) in [6.07, 6.45) is -1.19. The number of ether oxygens (including phenoxy) is 2. The number of furan rings is 1. The number of ketones is 1. The van der Waals surface area contributed by atoms with Crippen molar-refractivity contribution in [3.8, 4) is 11.4 Å². The Kier molecular flexibility index (Phi) is 6.37. The van der Waals surface area contributed by atoms with Gasteiger partial charge < -0.3 is 18.5 Å². The summed E-state index contributed by atoms with van der Waals surface area (Å²) in [6.45, 7) is 1.89. The number of aryl methyl sites for hydroxylation is 1. The fourth-order valence-corrected chi connectivity index (χ4v) is 3.21. The van der Waals surface area contributed by atoms with Crippen molar-refractivity contribution in [3.63, 3.8) is 0 Å². The molecule has 2 heterocycles. The Morgan fingerprint density at radius 1 is 1.12 bits per heavy atom. The Hall–Kier alpha value is -4.02. The van der Waals surface area contributed by atoms with E-state index in [1.165, 1.54) is 19.1 Å². The normalized spacial score (nSPS) is 11.9. The van der Waals surface area contributed by atoms with Gasteiger partial charge >= 0.3 is 18.5 Å². The molecule has 0 aliphatic carbocycles. The second-order valence-corrected chi connectivity index (χ2v) is 6.80. The number of aromatic nitrogens is 1. The summed E-state index contributed by atoms with van der Waals surface area (Å²) in [5.41, 5.74) is 2.15. The first kappa shape index (κ1) is 22.7. The Morgan fingerprint density at radius 3 is 2.34 bits per heavy atom. The minimum Gasteiger partial charge on any atom is -0.448 e. The molecule has 0 radical (unpaired) electrons. The van der Waals surface area contributed by atoms with Crippen LogP contribution in [-0.4, -0.2) is 34.0 Å². The van der Waals surface area contributed by atoms with E-state index in [9.17, 15) is 28.5 Å². The molecule has 3 aromatic rings. The van der Waals surface area contributed by atoms with Crippen molar-refractivity contribution >= 4 is 17.6 Å². The van der Waals surface area contributed by atoms with Crippen LogP contribution in [0.4, 0.5) is 14.7 Å². The lowest BCUT2D eigenvalue weighted by Crippen LogP contribution is -2.24. The molecule has 9 nitrogen and oxygen atoms in total. The Balaban J connectivity index is 1.78. The summed E-state index contributed by atoms with van der Waals surface area (Å²) in [5.74, 6) is -2.52. The molecule has 2 aromatic heterocycles. The van der Waals surface area contributed by atoms with Crippen LogP contribution in [0.2, 0.25) is 0 Å². The van der Waals surface area contributed by atoms with Crippen molar-refractivity contribution in [2.45, 2.75) is 33.5 Å². The van der Waals surface area contributed by atoms with Gasteiger partial charge in [-0.3, -0.25) is 14.9 Å². The van der Waals surface area contributed by atoms with E-state index in [-0.39, 0.29) is 5.75 Å². The number of carbonyl (C=O) groups is 2. The third-order valence-electron chi connectivity index (χ3n) is 4.64. The number of Topliss-reactive ketones (excluding diaryl/α,β-unsaturated/α-hetero) is 1. The van der Waals surface area contributed by atoms with Crippen LogP contribution in [0.25, 0.3) is 5.69 Å². The highest BCUT2D eigenvalue weighted by molar-refractivity contribution is 6.02. The lowest BCUT2D eigenvalue weighted by molar-refractivity contribution is -0.402. The maximum absolute atomic E-state index is 12.9. The van der Waals surface area contributed by atoms with Crippen molar-refractivity contribution in [2.24, 2.45) is 0 Å². The first-order valence-corrected chi connectivity index (χ1v) is 9.32. The van der Waals surface area contributed by atoms with E-state index in [0.717, 1.165) is 12.1 Å². The fourth-order valence-electron chi connectivity index (χ4n) is 3.21. The number of benzene rings is 1. The van der Waals surface area contributed by atoms with E-state index >= 15 is 0 Å². The third-order valence-corrected chi connectivity index (χ3v) is 4.64. The summed E-state index contributed by atoms with van der Waals surface area (Å²) < 4.78 is 40.6. The molecule has 168 valence electrons. The van der Waals surface area contributed by atoms with Gasteiger partial charge in [0.2, 0.25) is 11.5 Å². The van der Waals surface area contributed by atoms with Crippen LogP contribution >= 0.6 is 0 Å². The minimum absolute atomic E-state index is 0.00112. The molecular weight excluding hydrogens is 430 g/mol. The molecule has 1 atom stereocenters. The molecule has 0 bridgehead atoms. The van der Waals surface area contributed by atoms with Gasteiger partial charge in [-0.05, 0) is 57.2 Å². The lowest BCUT2D eigenvalue weighted by atomic mass is 10.1. The topological polar surface area (TPSA) is 114 Å². The molecule has 0 N–H and O–H groups in total. The molecular formula is C21H18F2N2O7. The van der Waals surface area contributed by atoms with Crippen LogP contribution in [0.3, 0.4) is 0 Å². The van der Waals surface area contributed by atoms with E-state index in [2.05, 4.69) is 4.74 Å². The van der Waals surface area contributed by atoms with Crippen molar-refractivity contribution in [1.29, 1.82) is 0 Å². The zero-order valence-corrected chi connectivity index (χ0v) is 17.2.